The quantitative estimate of drug-likeness (QED) is 0.592. The third-order valence-electron chi connectivity index (χ3n) is 0.974. The minimum absolute atomic E-state index is 0.139. The number of rotatable bonds is 1. The van der Waals surface area contributed by atoms with Gasteiger partial charge in [-0.2, -0.15) is 0 Å². The first-order valence-corrected chi connectivity index (χ1v) is 2.55. The summed E-state index contributed by atoms with van der Waals surface area (Å²) < 4.78 is 12.4. The van der Waals surface area contributed by atoms with Crippen LogP contribution in [-0.2, 0) is 6.54 Å². The van der Waals surface area contributed by atoms with Crippen molar-refractivity contribution in [1.29, 1.82) is 0 Å². The average Bonchev–Trinajstić information content (AvgIpc) is 1.89. The van der Waals surface area contributed by atoms with E-state index in [1.165, 1.54) is 12.3 Å². The molecule has 1 heterocycles. The lowest BCUT2D eigenvalue weighted by Gasteiger charge is -1.93. The summed E-state index contributed by atoms with van der Waals surface area (Å²) in [6, 6.07) is 3.71. The molecule has 1 aromatic heterocycles. The molecule has 2 N–H and O–H groups in total. The Balaban J connectivity index is 3.01. The summed E-state index contributed by atoms with van der Waals surface area (Å²) in [6.45, 7) is 0.139. The van der Waals surface area contributed by atoms with Crippen LogP contribution in [0.2, 0.25) is 0 Å². The highest BCUT2D eigenvalue weighted by atomic mass is 19.1. The predicted octanol–water partition coefficient (Wildman–Crippen LogP) is 0.480. The molecular weight excluding hydrogens is 119 g/mol. The fourth-order valence-electron chi connectivity index (χ4n) is 0.521. The third kappa shape index (κ3) is 1.23. The Bertz CT molecular complexity index is 200. The number of nitrogens with zero attached hydrogens (tertiary/aromatic N) is 1. The molecule has 1 aromatic rings. The fourth-order valence-corrected chi connectivity index (χ4v) is 0.521. The lowest BCUT2D eigenvalue weighted by atomic mass is 10.3. The van der Waals surface area contributed by atoms with Crippen molar-refractivity contribution in [1.82, 2.24) is 4.98 Å². The predicted molar refractivity (Wildman–Crippen MR) is 30.9 cm³/mol. The van der Waals surface area contributed by atoms with Crippen molar-refractivity contribution in [2.45, 2.75) is 6.54 Å². The summed E-state index contributed by atoms with van der Waals surface area (Å²) in [6.07, 6.45) is 1.39. The van der Waals surface area contributed by atoms with Gasteiger partial charge in [0, 0.05) is 18.8 Å². The van der Waals surface area contributed by atoms with E-state index in [4.69, 9.17) is 5.73 Å². The molecule has 0 aromatic carbocycles. The van der Waals surface area contributed by atoms with Crippen LogP contribution in [0.15, 0.2) is 12.3 Å². The SMILES string of the molecule is NCc1nc[c]cc1F. The molecule has 0 fully saturated rings. The molecule has 0 saturated carbocycles. The molecule has 1 radical (unpaired) electrons. The van der Waals surface area contributed by atoms with Crippen LogP contribution < -0.4 is 5.73 Å². The smallest absolute Gasteiger partial charge is 0.146 e. The van der Waals surface area contributed by atoms with Gasteiger partial charge >= 0.3 is 0 Å². The normalized spacial score (nSPS) is 9.56. The van der Waals surface area contributed by atoms with Crippen molar-refractivity contribution in [3.63, 3.8) is 0 Å². The first-order valence-electron chi connectivity index (χ1n) is 2.55. The monoisotopic (exact) mass is 125 g/mol. The first kappa shape index (κ1) is 6.16. The van der Waals surface area contributed by atoms with E-state index in [9.17, 15) is 4.39 Å². The van der Waals surface area contributed by atoms with E-state index in [1.54, 1.807) is 0 Å². The molecule has 0 spiro atoms. The second-order valence-electron chi connectivity index (χ2n) is 1.57. The molecule has 0 atom stereocenters. The molecule has 0 unspecified atom stereocenters. The minimum atomic E-state index is -0.389. The van der Waals surface area contributed by atoms with Gasteiger partial charge in [0.25, 0.3) is 0 Å². The zero-order valence-electron chi connectivity index (χ0n) is 4.76. The van der Waals surface area contributed by atoms with E-state index in [1.807, 2.05) is 0 Å². The van der Waals surface area contributed by atoms with Gasteiger partial charge in [-0.1, -0.05) is 0 Å². The van der Waals surface area contributed by atoms with E-state index in [2.05, 4.69) is 11.1 Å². The molecule has 0 amide bonds. The van der Waals surface area contributed by atoms with Gasteiger partial charge in [0.1, 0.15) is 5.82 Å². The molecule has 47 valence electrons. The maximum absolute atomic E-state index is 12.4. The van der Waals surface area contributed by atoms with Crippen molar-refractivity contribution in [2.24, 2.45) is 5.73 Å². The molecule has 0 saturated heterocycles. The van der Waals surface area contributed by atoms with Crippen LogP contribution in [0, 0.1) is 11.9 Å². The van der Waals surface area contributed by atoms with Crippen molar-refractivity contribution in [2.75, 3.05) is 0 Å². The van der Waals surface area contributed by atoms with Crippen molar-refractivity contribution >= 4 is 0 Å². The molecule has 9 heavy (non-hydrogen) atoms. The van der Waals surface area contributed by atoms with Gasteiger partial charge in [-0.3, -0.25) is 4.98 Å². The van der Waals surface area contributed by atoms with Crippen LogP contribution in [0.4, 0.5) is 4.39 Å². The largest absolute Gasteiger partial charge is 0.325 e. The Kier molecular flexibility index (Phi) is 1.75. The van der Waals surface area contributed by atoms with Crippen molar-refractivity contribution < 1.29 is 4.39 Å². The highest BCUT2D eigenvalue weighted by Crippen LogP contribution is 1.98. The molecule has 0 aliphatic heterocycles. The second kappa shape index (κ2) is 2.55. The molecule has 2 nitrogen and oxygen atoms in total. The van der Waals surface area contributed by atoms with Crippen LogP contribution >= 0.6 is 0 Å². The zero-order chi connectivity index (χ0) is 6.69. The summed E-state index contributed by atoms with van der Waals surface area (Å²) in [5, 5.41) is 0. The molecule has 0 aliphatic rings. The molecule has 0 aliphatic carbocycles. The van der Waals surface area contributed by atoms with E-state index in [0.717, 1.165) is 0 Å². The van der Waals surface area contributed by atoms with Crippen molar-refractivity contribution in [3.8, 4) is 0 Å². The minimum Gasteiger partial charge on any atom is -0.325 e. The third-order valence-corrected chi connectivity index (χ3v) is 0.974. The molecule has 3 heteroatoms. The highest BCUT2D eigenvalue weighted by molar-refractivity contribution is 5.04. The summed E-state index contributed by atoms with van der Waals surface area (Å²) in [5.74, 6) is -0.389. The maximum atomic E-state index is 12.4. The van der Waals surface area contributed by atoms with E-state index < -0.39 is 0 Å². The first-order chi connectivity index (χ1) is 4.34. The van der Waals surface area contributed by atoms with Crippen molar-refractivity contribution in [3.05, 3.63) is 29.8 Å². The summed E-state index contributed by atoms with van der Waals surface area (Å²) in [7, 11) is 0. The summed E-state index contributed by atoms with van der Waals surface area (Å²) in [4.78, 5) is 3.64. The van der Waals surface area contributed by atoms with Crippen LogP contribution in [0.25, 0.3) is 0 Å². The van der Waals surface area contributed by atoms with E-state index >= 15 is 0 Å². The Morgan fingerprint density at radius 3 is 3.00 bits per heavy atom. The van der Waals surface area contributed by atoms with Gasteiger partial charge in [0.15, 0.2) is 0 Å². The number of pyridine rings is 1. The standard InChI is InChI=1S/C6H6FN2/c7-5-2-1-3-9-6(5)4-8/h2-3H,4,8H2. The Labute approximate surface area is 52.5 Å². The maximum Gasteiger partial charge on any atom is 0.146 e. The molecule has 1 rings (SSSR count). The van der Waals surface area contributed by atoms with Crippen LogP contribution in [0.5, 0.6) is 0 Å². The lowest BCUT2D eigenvalue weighted by molar-refractivity contribution is 0.599. The Hall–Kier alpha value is -0.960. The van der Waals surface area contributed by atoms with Crippen LogP contribution in [0.1, 0.15) is 5.69 Å². The molecule has 0 bridgehead atoms. The van der Waals surface area contributed by atoms with E-state index in [-0.39, 0.29) is 18.1 Å². The second-order valence-corrected chi connectivity index (χ2v) is 1.57. The van der Waals surface area contributed by atoms with Gasteiger partial charge < -0.3 is 5.73 Å². The molecular formula is C6H6FN2. The van der Waals surface area contributed by atoms with Crippen LogP contribution in [-0.4, -0.2) is 4.98 Å². The number of hydrogen-bond acceptors (Lipinski definition) is 2. The number of halogens is 1. The topological polar surface area (TPSA) is 38.9 Å². The lowest BCUT2D eigenvalue weighted by Crippen LogP contribution is -2.01. The Morgan fingerprint density at radius 2 is 2.56 bits per heavy atom. The van der Waals surface area contributed by atoms with Gasteiger partial charge in [-0.05, 0) is 6.07 Å². The number of nitrogens with two attached hydrogens (primary N) is 1. The van der Waals surface area contributed by atoms with Gasteiger partial charge in [-0.15, -0.1) is 0 Å². The fraction of sp³-hybridized carbons (Fsp3) is 0.167. The Morgan fingerprint density at radius 1 is 1.78 bits per heavy atom. The van der Waals surface area contributed by atoms with Gasteiger partial charge in [0.2, 0.25) is 0 Å². The summed E-state index contributed by atoms with van der Waals surface area (Å²) in [5.41, 5.74) is 5.42. The van der Waals surface area contributed by atoms with Gasteiger partial charge in [-0.25, -0.2) is 4.39 Å². The number of hydrogen-bond donors (Lipinski definition) is 1. The highest BCUT2D eigenvalue weighted by Gasteiger charge is 1.96. The average molecular weight is 125 g/mol. The van der Waals surface area contributed by atoms with Crippen LogP contribution in [0.3, 0.4) is 0 Å². The van der Waals surface area contributed by atoms with E-state index in [0.29, 0.717) is 0 Å². The summed E-state index contributed by atoms with van der Waals surface area (Å²) >= 11 is 0. The van der Waals surface area contributed by atoms with Gasteiger partial charge in [0.05, 0.1) is 5.69 Å². The number of aromatic nitrogens is 1. The zero-order valence-corrected chi connectivity index (χ0v) is 4.76.